The van der Waals surface area contributed by atoms with E-state index in [0.717, 1.165) is 30.4 Å². The van der Waals surface area contributed by atoms with E-state index in [4.69, 9.17) is 0 Å². The summed E-state index contributed by atoms with van der Waals surface area (Å²) >= 11 is 0. The molecule has 3 nitrogen and oxygen atoms in total. The number of piperidine rings is 1. The second kappa shape index (κ2) is 6.23. The highest BCUT2D eigenvalue weighted by molar-refractivity contribution is 5.13. The zero-order chi connectivity index (χ0) is 13.9. The molecule has 2 fully saturated rings. The lowest BCUT2D eigenvalue weighted by Crippen LogP contribution is -2.48. The summed E-state index contributed by atoms with van der Waals surface area (Å²) < 4.78 is 0. The van der Waals surface area contributed by atoms with Gasteiger partial charge in [0.05, 0.1) is 0 Å². The van der Waals surface area contributed by atoms with Gasteiger partial charge < -0.3 is 5.32 Å². The molecule has 1 N–H and O–H groups in total. The second-order valence-electron chi connectivity index (χ2n) is 6.54. The third kappa shape index (κ3) is 3.21. The maximum absolute atomic E-state index is 4.44. The van der Waals surface area contributed by atoms with Gasteiger partial charge in [0, 0.05) is 36.6 Å². The summed E-state index contributed by atoms with van der Waals surface area (Å²) in [6.07, 6.45) is 8.71. The summed E-state index contributed by atoms with van der Waals surface area (Å²) in [7, 11) is 0. The summed E-state index contributed by atoms with van der Waals surface area (Å²) in [5.74, 6) is 0. The van der Waals surface area contributed by atoms with Crippen molar-refractivity contribution in [3.63, 3.8) is 0 Å². The maximum atomic E-state index is 4.44. The Morgan fingerprint density at radius 1 is 1.25 bits per heavy atom. The van der Waals surface area contributed by atoms with E-state index >= 15 is 0 Å². The molecule has 0 saturated carbocycles. The van der Waals surface area contributed by atoms with Crippen LogP contribution in [-0.4, -0.2) is 34.6 Å². The molecular formula is C17H27N3. The van der Waals surface area contributed by atoms with Crippen molar-refractivity contribution in [2.45, 2.75) is 70.6 Å². The van der Waals surface area contributed by atoms with E-state index in [-0.39, 0.29) is 0 Å². The Morgan fingerprint density at radius 2 is 2.00 bits per heavy atom. The lowest BCUT2D eigenvalue weighted by Gasteiger charge is -2.37. The van der Waals surface area contributed by atoms with Crippen LogP contribution in [0.15, 0.2) is 18.3 Å². The van der Waals surface area contributed by atoms with Crippen molar-refractivity contribution in [3.8, 4) is 0 Å². The summed E-state index contributed by atoms with van der Waals surface area (Å²) in [5, 5.41) is 3.75. The molecule has 3 rings (SSSR count). The molecule has 0 amide bonds. The van der Waals surface area contributed by atoms with Gasteiger partial charge in [-0.05, 0) is 57.2 Å². The van der Waals surface area contributed by atoms with Crippen LogP contribution < -0.4 is 5.32 Å². The Morgan fingerprint density at radius 3 is 2.60 bits per heavy atom. The summed E-state index contributed by atoms with van der Waals surface area (Å²) in [6.45, 7) is 6.61. The molecule has 0 aliphatic carbocycles. The first kappa shape index (κ1) is 14.0. The zero-order valence-electron chi connectivity index (χ0n) is 12.8. The summed E-state index contributed by atoms with van der Waals surface area (Å²) in [6, 6.07) is 6.67. The van der Waals surface area contributed by atoms with Gasteiger partial charge in [0.2, 0.25) is 0 Å². The topological polar surface area (TPSA) is 28.2 Å². The van der Waals surface area contributed by atoms with Crippen LogP contribution in [0.4, 0.5) is 0 Å². The highest BCUT2D eigenvalue weighted by Crippen LogP contribution is 2.30. The maximum Gasteiger partial charge on any atom is 0.0372 e. The molecule has 3 heteroatoms. The fourth-order valence-electron chi connectivity index (χ4n) is 3.83. The van der Waals surface area contributed by atoms with Crippen LogP contribution in [0, 0.1) is 6.92 Å². The molecule has 2 bridgehead atoms. The third-order valence-electron chi connectivity index (χ3n) is 4.83. The fraction of sp³-hybridized carbons (Fsp3) is 0.706. The quantitative estimate of drug-likeness (QED) is 0.894. The van der Waals surface area contributed by atoms with Gasteiger partial charge in [-0.1, -0.05) is 13.0 Å². The smallest absolute Gasteiger partial charge is 0.0372 e. The number of aromatic nitrogens is 1. The number of aryl methyl sites for hydroxylation is 1. The van der Waals surface area contributed by atoms with Gasteiger partial charge in [-0.3, -0.25) is 9.88 Å². The standard InChI is InChI=1S/C17H27N3/c1-3-8-20(12-14-5-4-13(2)18-11-14)17-9-15-6-7-16(10-17)19-15/h4-5,11,15-17,19H,3,6-10,12H2,1-2H3. The Hall–Kier alpha value is -0.930. The Bertz CT molecular complexity index is 416. The number of nitrogens with one attached hydrogen (secondary N) is 1. The zero-order valence-corrected chi connectivity index (χ0v) is 12.8. The Kier molecular flexibility index (Phi) is 4.37. The molecule has 2 aliphatic rings. The van der Waals surface area contributed by atoms with Crippen LogP contribution in [0.25, 0.3) is 0 Å². The van der Waals surface area contributed by atoms with Gasteiger partial charge in [-0.2, -0.15) is 0 Å². The predicted octanol–water partition coefficient (Wildman–Crippen LogP) is 2.89. The number of hydrogen-bond acceptors (Lipinski definition) is 3. The van der Waals surface area contributed by atoms with Gasteiger partial charge in [0.15, 0.2) is 0 Å². The Balaban J connectivity index is 1.67. The number of rotatable bonds is 5. The molecule has 110 valence electrons. The molecule has 2 atom stereocenters. The van der Waals surface area contributed by atoms with Crippen molar-refractivity contribution in [2.75, 3.05) is 6.54 Å². The second-order valence-corrected chi connectivity index (χ2v) is 6.54. The Labute approximate surface area is 122 Å². The molecule has 2 saturated heterocycles. The average molecular weight is 273 g/mol. The van der Waals surface area contributed by atoms with Crippen molar-refractivity contribution in [1.82, 2.24) is 15.2 Å². The molecular weight excluding hydrogens is 246 g/mol. The van der Waals surface area contributed by atoms with Crippen LogP contribution in [0.2, 0.25) is 0 Å². The molecule has 20 heavy (non-hydrogen) atoms. The minimum Gasteiger partial charge on any atom is -0.311 e. The first-order chi connectivity index (χ1) is 9.74. The van der Waals surface area contributed by atoms with E-state index in [2.05, 4.69) is 41.2 Å². The van der Waals surface area contributed by atoms with Crippen molar-refractivity contribution >= 4 is 0 Å². The summed E-state index contributed by atoms with van der Waals surface area (Å²) in [4.78, 5) is 7.13. The molecule has 1 aromatic rings. The van der Waals surface area contributed by atoms with Crippen LogP contribution in [-0.2, 0) is 6.54 Å². The van der Waals surface area contributed by atoms with E-state index in [9.17, 15) is 0 Å². The van der Waals surface area contributed by atoms with E-state index < -0.39 is 0 Å². The van der Waals surface area contributed by atoms with E-state index in [1.54, 1.807) is 0 Å². The molecule has 2 aliphatic heterocycles. The molecule has 0 aromatic carbocycles. The summed E-state index contributed by atoms with van der Waals surface area (Å²) in [5.41, 5.74) is 2.46. The number of nitrogens with zero attached hydrogens (tertiary/aromatic N) is 2. The van der Waals surface area contributed by atoms with Crippen LogP contribution in [0.5, 0.6) is 0 Å². The van der Waals surface area contributed by atoms with Crippen LogP contribution >= 0.6 is 0 Å². The lowest BCUT2D eigenvalue weighted by molar-refractivity contribution is 0.134. The highest BCUT2D eigenvalue weighted by Gasteiger charge is 2.35. The number of hydrogen-bond donors (Lipinski definition) is 1. The van der Waals surface area contributed by atoms with Crippen molar-refractivity contribution in [2.24, 2.45) is 0 Å². The van der Waals surface area contributed by atoms with E-state index in [0.29, 0.717) is 0 Å². The van der Waals surface area contributed by atoms with Crippen molar-refractivity contribution in [1.29, 1.82) is 0 Å². The van der Waals surface area contributed by atoms with E-state index in [1.165, 1.54) is 44.2 Å². The molecule has 2 unspecified atom stereocenters. The monoisotopic (exact) mass is 273 g/mol. The normalized spacial score (nSPS) is 29.1. The molecule has 0 radical (unpaired) electrons. The predicted molar refractivity (Wildman–Crippen MR) is 82.6 cm³/mol. The molecule has 0 spiro atoms. The van der Waals surface area contributed by atoms with Gasteiger partial charge in [0.1, 0.15) is 0 Å². The lowest BCUT2D eigenvalue weighted by atomic mass is 9.97. The third-order valence-corrected chi connectivity index (χ3v) is 4.83. The van der Waals surface area contributed by atoms with Gasteiger partial charge in [-0.15, -0.1) is 0 Å². The first-order valence-corrected chi connectivity index (χ1v) is 8.16. The van der Waals surface area contributed by atoms with E-state index in [1.807, 2.05) is 6.20 Å². The number of pyridine rings is 1. The largest absolute Gasteiger partial charge is 0.311 e. The van der Waals surface area contributed by atoms with Crippen LogP contribution in [0.3, 0.4) is 0 Å². The van der Waals surface area contributed by atoms with Gasteiger partial charge >= 0.3 is 0 Å². The first-order valence-electron chi connectivity index (χ1n) is 8.16. The van der Waals surface area contributed by atoms with Crippen LogP contribution in [0.1, 0.15) is 50.3 Å². The highest BCUT2D eigenvalue weighted by atomic mass is 15.2. The molecule has 3 heterocycles. The van der Waals surface area contributed by atoms with Gasteiger partial charge in [0.25, 0.3) is 0 Å². The molecule has 1 aromatic heterocycles. The fourth-order valence-corrected chi connectivity index (χ4v) is 3.83. The number of fused-ring (bicyclic) bond motifs is 2. The van der Waals surface area contributed by atoms with Crippen molar-refractivity contribution < 1.29 is 0 Å². The minimum atomic E-state index is 0.759. The average Bonchev–Trinajstić information content (AvgIpc) is 2.79. The minimum absolute atomic E-state index is 0.759. The van der Waals surface area contributed by atoms with Gasteiger partial charge in [-0.25, -0.2) is 0 Å². The SMILES string of the molecule is CCCN(Cc1ccc(C)nc1)C1CC2CCC(C1)N2. The van der Waals surface area contributed by atoms with Crippen molar-refractivity contribution in [3.05, 3.63) is 29.6 Å².